The monoisotopic (exact) mass is 295 g/mol. The van der Waals surface area contributed by atoms with E-state index in [1.54, 1.807) is 38.3 Å². The van der Waals surface area contributed by atoms with Gasteiger partial charge in [0.1, 0.15) is 11.4 Å². The van der Waals surface area contributed by atoms with Crippen LogP contribution in [-0.2, 0) is 4.79 Å². The number of ether oxygens (including phenoxy) is 1. The Labute approximate surface area is 129 Å². The molecule has 0 atom stereocenters. The summed E-state index contributed by atoms with van der Waals surface area (Å²) in [7, 11) is 1.58. The lowest BCUT2D eigenvalue weighted by atomic mass is 10.1. The SMILES string of the molecule is COc1ccc(/C=C(\N=C(C)c2ccccc2)C(=O)O)cc1. The number of nitrogens with zero attached hydrogens (tertiary/aromatic N) is 1. The number of carboxylic acid groups (broad SMARTS) is 1. The maximum absolute atomic E-state index is 11.4. The number of hydrogen-bond donors (Lipinski definition) is 1. The Bertz CT molecular complexity index is 701. The van der Waals surface area contributed by atoms with Crippen molar-refractivity contribution >= 4 is 17.8 Å². The third kappa shape index (κ3) is 4.06. The summed E-state index contributed by atoms with van der Waals surface area (Å²) in [6.07, 6.45) is 1.54. The lowest BCUT2D eigenvalue weighted by Crippen LogP contribution is -2.02. The van der Waals surface area contributed by atoms with Crippen molar-refractivity contribution in [2.24, 2.45) is 4.99 Å². The Morgan fingerprint density at radius 2 is 1.73 bits per heavy atom. The van der Waals surface area contributed by atoms with Crippen LogP contribution in [0, 0.1) is 0 Å². The molecule has 0 saturated carbocycles. The highest BCUT2D eigenvalue weighted by Gasteiger charge is 2.07. The van der Waals surface area contributed by atoms with Gasteiger partial charge in [0.2, 0.25) is 0 Å². The second-order valence-corrected chi connectivity index (χ2v) is 4.67. The maximum atomic E-state index is 11.4. The van der Waals surface area contributed by atoms with Crippen LogP contribution in [0.25, 0.3) is 6.08 Å². The molecule has 2 aromatic carbocycles. The first-order valence-electron chi connectivity index (χ1n) is 6.80. The largest absolute Gasteiger partial charge is 0.497 e. The van der Waals surface area contributed by atoms with E-state index in [-0.39, 0.29) is 5.70 Å². The van der Waals surface area contributed by atoms with Gasteiger partial charge in [0, 0.05) is 5.71 Å². The first-order valence-corrected chi connectivity index (χ1v) is 6.80. The van der Waals surface area contributed by atoms with E-state index in [4.69, 9.17) is 4.74 Å². The molecule has 1 N–H and O–H groups in total. The third-order valence-corrected chi connectivity index (χ3v) is 3.12. The molecule has 0 spiro atoms. The average molecular weight is 295 g/mol. The van der Waals surface area contributed by atoms with E-state index in [2.05, 4.69) is 4.99 Å². The molecule has 0 heterocycles. The van der Waals surface area contributed by atoms with Crippen LogP contribution in [0.3, 0.4) is 0 Å². The molecule has 0 unspecified atom stereocenters. The molecule has 0 aromatic heterocycles. The van der Waals surface area contributed by atoms with E-state index in [9.17, 15) is 9.90 Å². The second kappa shape index (κ2) is 7.22. The summed E-state index contributed by atoms with van der Waals surface area (Å²) in [5, 5.41) is 9.33. The van der Waals surface area contributed by atoms with Gasteiger partial charge in [0.05, 0.1) is 7.11 Å². The summed E-state index contributed by atoms with van der Waals surface area (Å²) in [5.74, 6) is -0.343. The Balaban J connectivity index is 2.33. The third-order valence-electron chi connectivity index (χ3n) is 3.12. The first kappa shape index (κ1) is 15.5. The van der Waals surface area contributed by atoms with E-state index in [1.165, 1.54) is 6.08 Å². The van der Waals surface area contributed by atoms with E-state index < -0.39 is 5.97 Å². The second-order valence-electron chi connectivity index (χ2n) is 4.67. The van der Waals surface area contributed by atoms with Crippen molar-refractivity contribution in [3.05, 3.63) is 71.4 Å². The zero-order valence-electron chi connectivity index (χ0n) is 12.5. The summed E-state index contributed by atoms with van der Waals surface area (Å²) in [6.45, 7) is 1.79. The minimum absolute atomic E-state index is 0.00785. The predicted molar refractivity (Wildman–Crippen MR) is 87.3 cm³/mol. The summed E-state index contributed by atoms with van der Waals surface area (Å²) in [5.41, 5.74) is 2.29. The fourth-order valence-corrected chi connectivity index (χ4v) is 1.92. The molecule has 4 nitrogen and oxygen atoms in total. The lowest BCUT2D eigenvalue weighted by molar-refractivity contribution is -0.132. The molecule has 0 radical (unpaired) electrons. The molecule has 2 rings (SSSR count). The number of carboxylic acids is 1. The molecular weight excluding hydrogens is 278 g/mol. The molecule has 0 fully saturated rings. The first-order chi connectivity index (χ1) is 10.6. The number of aliphatic imine (C=N–C) groups is 1. The van der Waals surface area contributed by atoms with Crippen LogP contribution >= 0.6 is 0 Å². The number of carbonyl (C=O) groups is 1. The Morgan fingerprint density at radius 3 is 2.27 bits per heavy atom. The smallest absolute Gasteiger partial charge is 0.354 e. The number of benzene rings is 2. The molecule has 0 aliphatic heterocycles. The summed E-state index contributed by atoms with van der Waals surface area (Å²) >= 11 is 0. The topological polar surface area (TPSA) is 58.9 Å². The predicted octanol–water partition coefficient (Wildman–Crippen LogP) is 3.63. The van der Waals surface area contributed by atoms with Gasteiger partial charge in [-0.3, -0.25) is 0 Å². The molecular formula is C18H17NO3. The van der Waals surface area contributed by atoms with Crippen molar-refractivity contribution in [3.8, 4) is 5.75 Å². The normalized spacial score (nSPS) is 12.1. The van der Waals surface area contributed by atoms with Crippen molar-refractivity contribution in [2.75, 3.05) is 7.11 Å². The van der Waals surface area contributed by atoms with E-state index in [0.29, 0.717) is 5.71 Å². The van der Waals surface area contributed by atoms with Crippen molar-refractivity contribution in [3.63, 3.8) is 0 Å². The highest BCUT2D eigenvalue weighted by atomic mass is 16.5. The van der Waals surface area contributed by atoms with Crippen molar-refractivity contribution in [2.45, 2.75) is 6.92 Å². The van der Waals surface area contributed by atoms with E-state index in [1.807, 2.05) is 30.3 Å². The van der Waals surface area contributed by atoms with Gasteiger partial charge in [-0.05, 0) is 36.3 Å². The summed E-state index contributed by atoms with van der Waals surface area (Å²) < 4.78 is 5.08. The molecule has 0 amide bonds. The minimum atomic E-state index is -1.06. The van der Waals surface area contributed by atoms with Crippen LogP contribution in [0.4, 0.5) is 0 Å². The van der Waals surface area contributed by atoms with Crippen LogP contribution in [0.5, 0.6) is 5.75 Å². The van der Waals surface area contributed by atoms with Gasteiger partial charge in [-0.25, -0.2) is 9.79 Å². The molecule has 4 heteroatoms. The van der Waals surface area contributed by atoms with Crippen LogP contribution in [0.2, 0.25) is 0 Å². The standard InChI is InChI=1S/C18H17NO3/c1-13(15-6-4-3-5-7-15)19-17(18(20)21)12-14-8-10-16(22-2)11-9-14/h3-12H,1-2H3,(H,20,21)/b17-12-,19-13?. The van der Waals surface area contributed by atoms with Gasteiger partial charge in [0.25, 0.3) is 0 Å². The van der Waals surface area contributed by atoms with Gasteiger partial charge >= 0.3 is 5.97 Å². The summed E-state index contributed by atoms with van der Waals surface area (Å²) in [6, 6.07) is 16.6. The number of rotatable bonds is 5. The van der Waals surface area contributed by atoms with Gasteiger partial charge in [-0.1, -0.05) is 42.5 Å². The molecule has 0 bridgehead atoms. The van der Waals surface area contributed by atoms with Gasteiger partial charge < -0.3 is 9.84 Å². The fraction of sp³-hybridized carbons (Fsp3) is 0.111. The van der Waals surface area contributed by atoms with Crippen molar-refractivity contribution in [1.82, 2.24) is 0 Å². The van der Waals surface area contributed by atoms with Gasteiger partial charge in [-0.2, -0.15) is 0 Å². The quantitative estimate of drug-likeness (QED) is 0.677. The fourth-order valence-electron chi connectivity index (χ4n) is 1.92. The number of methoxy groups -OCH3 is 1. The summed E-state index contributed by atoms with van der Waals surface area (Å²) in [4.78, 5) is 15.6. The molecule has 0 aliphatic rings. The number of aliphatic carboxylic acids is 1. The zero-order chi connectivity index (χ0) is 15.9. The molecule has 2 aromatic rings. The van der Waals surface area contributed by atoms with Crippen LogP contribution in [0.15, 0.2) is 65.3 Å². The minimum Gasteiger partial charge on any atom is -0.497 e. The Morgan fingerprint density at radius 1 is 1.09 bits per heavy atom. The Hall–Kier alpha value is -2.88. The van der Waals surface area contributed by atoms with Crippen LogP contribution < -0.4 is 4.74 Å². The average Bonchev–Trinajstić information content (AvgIpc) is 2.55. The number of hydrogen-bond acceptors (Lipinski definition) is 3. The molecule has 0 saturated heterocycles. The van der Waals surface area contributed by atoms with E-state index in [0.717, 1.165) is 16.9 Å². The van der Waals surface area contributed by atoms with Crippen molar-refractivity contribution in [1.29, 1.82) is 0 Å². The zero-order valence-corrected chi connectivity index (χ0v) is 12.5. The molecule has 0 aliphatic carbocycles. The highest BCUT2D eigenvalue weighted by molar-refractivity contribution is 6.03. The molecule has 112 valence electrons. The Kier molecular flexibility index (Phi) is 5.09. The van der Waals surface area contributed by atoms with Crippen molar-refractivity contribution < 1.29 is 14.6 Å². The lowest BCUT2D eigenvalue weighted by Gasteiger charge is -2.03. The van der Waals surface area contributed by atoms with E-state index >= 15 is 0 Å². The molecule has 22 heavy (non-hydrogen) atoms. The van der Waals surface area contributed by atoms with Crippen LogP contribution in [-0.4, -0.2) is 23.9 Å². The van der Waals surface area contributed by atoms with Gasteiger partial charge in [-0.15, -0.1) is 0 Å². The van der Waals surface area contributed by atoms with Crippen LogP contribution in [0.1, 0.15) is 18.1 Å². The highest BCUT2D eigenvalue weighted by Crippen LogP contribution is 2.15. The van der Waals surface area contributed by atoms with Gasteiger partial charge in [0.15, 0.2) is 0 Å². The maximum Gasteiger partial charge on any atom is 0.354 e.